The average molecular weight is 321 g/mol. The highest BCUT2D eigenvalue weighted by Gasteiger charge is 2.35. The summed E-state index contributed by atoms with van der Waals surface area (Å²) in [6.07, 6.45) is 10.9. The van der Waals surface area contributed by atoms with Gasteiger partial charge in [0.2, 0.25) is 5.91 Å². The van der Waals surface area contributed by atoms with Gasteiger partial charge in [-0.25, -0.2) is 4.98 Å². The van der Waals surface area contributed by atoms with E-state index in [0.29, 0.717) is 12.3 Å². The second-order valence-corrected chi connectivity index (χ2v) is 7.28. The van der Waals surface area contributed by atoms with Gasteiger partial charge in [0, 0.05) is 18.9 Å². The average Bonchev–Trinajstić information content (AvgIpc) is 3.22. The number of ether oxygens (including phenoxy) is 1. The zero-order valence-electron chi connectivity index (χ0n) is 13.8. The molecule has 128 valence electrons. The summed E-state index contributed by atoms with van der Waals surface area (Å²) in [6.45, 7) is 3.00. The molecule has 1 aromatic rings. The Morgan fingerprint density at radius 2 is 2.22 bits per heavy atom. The molecule has 6 heteroatoms. The Morgan fingerprint density at radius 3 is 2.91 bits per heavy atom. The van der Waals surface area contributed by atoms with Crippen LogP contribution in [0.15, 0.2) is 18.7 Å². The van der Waals surface area contributed by atoms with Crippen molar-refractivity contribution in [1.29, 1.82) is 0 Å². The van der Waals surface area contributed by atoms with E-state index in [4.69, 9.17) is 4.74 Å². The molecule has 2 fully saturated rings. The zero-order chi connectivity index (χ0) is 16.3. The second-order valence-electron chi connectivity index (χ2n) is 7.28. The summed E-state index contributed by atoms with van der Waals surface area (Å²) in [5, 5.41) is 13.1. The SMILES string of the molecule is CC1(OCC(=O)N[C@@H]2CC(Cn3ccnc3)C[C@H]2O)CCCC1. The van der Waals surface area contributed by atoms with Crippen molar-refractivity contribution < 1.29 is 14.6 Å². The van der Waals surface area contributed by atoms with Crippen molar-refractivity contribution in [1.82, 2.24) is 14.9 Å². The van der Waals surface area contributed by atoms with Crippen molar-refractivity contribution in [3.63, 3.8) is 0 Å². The highest BCUT2D eigenvalue weighted by molar-refractivity contribution is 5.77. The van der Waals surface area contributed by atoms with Crippen LogP contribution in [0.1, 0.15) is 45.4 Å². The summed E-state index contributed by atoms with van der Waals surface area (Å²) < 4.78 is 7.82. The molecular formula is C17H27N3O3. The van der Waals surface area contributed by atoms with Crippen LogP contribution < -0.4 is 5.32 Å². The van der Waals surface area contributed by atoms with Gasteiger partial charge >= 0.3 is 0 Å². The van der Waals surface area contributed by atoms with Gasteiger partial charge in [-0.1, -0.05) is 12.8 Å². The normalized spacial score (nSPS) is 29.7. The van der Waals surface area contributed by atoms with Gasteiger partial charge in [-0.05, 0) is 38.5 Å². The fourth-order valence-electron chi connectivity index (χ4n) is 3.87. The molecular weight excluding hydrogens is 294 g/mol. The summed E-state index contributed by atoms with van der Waals surface area (Å²) in [5.41, 5.74) is -0.143. The van der Waals surface area contributed by atoms with E-state index in [0.717, 1.165) is 25.8 Å². The first-order valence-corrected chi connectivity index (χ1v) is 8.61. The molecule has 0 saturated heterocycles. The van der Waals surface area contributed by atoms with Crippen LogP contribution in [-0.2, 0) is 16.1 Å². The van der Waals surface area contributed by atoms with Crippen molar-refractivity contribution >= 4 is 5.91 Å². The first-order valence-electron chi connectivity index (χ1n) is 8.61. The first kappa shape index (κ1) is 16.5. The smallest absolute Gasteiger partial charge is 0.246 e. The summed E-state index contributed by atoms with van der Waals surface area (Å²) in [7, 11) is 0. The number of carbonyl (C=O) groups excluding carboxylic acids is 1. The van der Waals surface area contributed by atoms with Crippen molar-refractivity contribution in [3.05, 3.63) is 18.7 Å². The lowest BCUT2D eigenvalue weighted by Crippen LogP contribution is -2.43. The van der Waals surface area contributed by atoms with Crippen molar-refractivity contribution in [2.24, 2.45) is 5.92 Å². The summed E-state index contributed by atoms with van der Waals surface area (Å²) in [5.74, 6) is 0.239. The molecule has 2 N–H and O–H groups in total. The maximum absolute atomic E-state index is 12.1. The maximum atomic E-state index is 12.1. The third-order valence-corrected chi connectivity index (χ3v) is 5.21. The van der Waals surface area contributed by atoms with Gasteiger partial charge < -0.3 is 19.7 Å². The van der Waals surface area contributed by atoms with Gasteiger partial charge in [-0.3, -0.25) is 4.79 Å². The number of aliphatic hydroxyl groups is 1. The fourth-order valence-corrected chi connectivity index (χ4v) is 3.87. The Labute approximate surface area is 137 Å². The maximum Gasteiger partial charge on any atom is 0.246 e. The van der Waals surface area contributed by atoms with Gasteiger partial charge in [-0.15, -0.1) is 0 Å². The highest BCUT2D eigenvalue weighted by atomic mass is 16.5. The number of hydrogen-bond donors (Lipinski definition) is 2. The topological polar surface area (TPSA) is 76.4 Å². The van der Waals surface area contributed by atoms with Crippen LogP contribution in [-0.4, -0.2) is 44.9 Å². The number of aromatic nitrogens is 2. The fraction of sp³-hybridized carbons (Fsp3) is 0.765. The molecule has 0 radical (unpaired) electrons. The van der Waals surface area contributed by atoms with Crippen LogP contribution >= 0.6 is 0 Å². The third-order valence-electron chi connectivity index (χ3n) is 5.21. The Morgan fingerprint density at radius 1 is 1.43 bits per heavy atom. The number of rotatable bonds is 6. The minimum Gasteiger partial charge on any atom is -0.391 e. The monoisotopic (exact) mass is 321 g/mol. The van der Waals surface area contributed by atoms with Gasteiger partial charge in [0.05, 0.1) is 24.1 Å². The molecule has 1 unspecified atom stereocenters. The number of hydrogen-bond acceptors (Lipinski definition) is 4. The summed E-state index contributed by atoms with van der Waals surface area (Å²) in [4.78, 5) is 16.1. The van der Waals surface area contributed by atoms with Crippen LogP contribution in [0.3, 0.4) is 0 Å². The molecule has 0 spiro atoms. The van der Waals surface area contributed by atoms with E-state index in [1.54, 1.807) is 12.5 Å². The molecule has 2 saturated carbocycles. The Balaban J connectivity index is 1.43. The number of aliphatic hydroxyl groups excluding tert-OH is 1. The predicted octanol–water partition coefficient (Wildman–Crippen LogP) is 1.49. The molecule has 2 aliphatic carbocycles. The van der Waals surface area contributed by atoms with E-state index < -0.39 is 6.10 Å². The van der Waals surface area contributed by atoms with Crippen molar-refractivity contribution in [3.8, 4) is 0 Å². The largest absolute Gasteiger partial charge is 0.391 e. The molecule has 0 aromatic carbocycles. The predicted molar refractivity (Wildman–Crippen MR) is 85.7 cm³/mol. The lowest BCUT2D eigenvalue weighted by atomic mass is 10.1. The van der Waals surface area contributed by atoms with E-state index in [2.05, 4.69) is 17.2 Å². The molecule has 23 heavy (non-hydrogen) atoms. The molecule has 1 amide bonds. The Kier molecular flexibility index (Phi) is 5.02. The van der Waals surface area contributed by atoms with Crippen molar-refractivity contribution in [2.75, 3.05) is 6.61 Å². The van der Waals surface area contributed by atoms with Gasteiger partial charge in [0.15, 0.2) is 0 Å². The standard InChI is InChI=1S/C17H27N3O3/c1-17(4-2-3-5-17)23-11-16(22)19-14-8-13(9-15(14)21)10-20-7-6-18-12-20/h6-7,12-15,21H,2-5,8-11H2,1H3,(H,19,22)/t13?,14-,15-/m1/s1. The number of amides is 1. The van der Waals surface area contributed by atoms with E-state index in [1.807, 2.05) is 10.8 Å². The Bertz CT molecular complexity index is 511. The van der Waals surface area contributed by atoms with Crippen molar-refractivity contribution in [2.45, 2.75) is 69.7 Å². The van der Waals surface area contributed by atoms with Crippen LogP contribution in [0.5, 0.6) is 0 Å². The van der Waals surface area contributed by atoms with E-state index in [1.165, 1.54) is 12.8 Å². The molecule has 0 bridgehead atoms. The number of carbonyl (C=O) groups is 1. The van der Waals surface area contributed by atoms with Gasteiger partial charge in [0.1, 0.15) is 6.61 Å². The zero-order valence-corrected chi connectivity index (χ0v) is 13.8. The Hall–Kier alpha value is -1.40. The molecule has 3 rings (SSSR count). The van der Waals surface area contributed by atoms with Crippen LogP contribution in [0.25, 0.3) is 0 Å². The lowest BCUT2D eigenvalue weighted by molar-refractivity contribution is -0.133. The molecule has 1 aromatic heterocycles. The van der Waals surface area contributed by atoms with Gasteiger partial charge in [0.25, 0.3) is 0 Å². The lowest BCUT2D eigenvalue weighted by Gasteiger charge is -2.24. The summed E-state index contributed by atoms with van der Waals surface area (Å²) in [6, 6.07) is -0.170. The molecule has 0 aliphatic heterocycles. The third kappa shape index (κ3) is 4.32. The van der Waals surface area contributed by atoms with Crippen LogP contribution in [0.4, 0.5) is 0 Å². The minimum atomic E-state index is -0.477. The van der Waals surface area contributed by atoms with E-state index in [-0.39, 0.29) is 24.2 Å². The minimum absolute atomic E-state index is 0.0892. The summed E-state index contributed by atoms with van der Waals surface area (Å²) >= 11 is 0. The highest BCUT2D eigenvalue weighted by Crippen LogP contribution is 2.32. The number of nitrogens with one attached hydrogen (secondary N) is 1. The van der Waals surface area contributed by atoms with Crippen LogP contribution in [0, 0.1) is 5.92 Å². The first-order chi connectivity index (χ1) is 11.0. The second kappa shape index (κ2) is 7.01. The van der Waals surface area contributed by atoms with E-state index in [9.17, 15) is 9.90 Å². The quantitative estimate of drug-likeness (QED) is 0.832. The number of nitrogens with zero attached hydrogens (tertiary/aromatic N) is 2. The molecule has 1 heterocycles. The molecule has 6 nitrogen and oxygen atoms in total. The van der Waals surface area contributed by atoms with Gasteiger partial charge in [-0.2, -0.15) is 0 Å². The van der Waals surface area contributed by atoms with E-state index >= 15 is 0 Å². The van der Waals surface area contributed by atoms with Crippen LogP contribution in [0.2, 0.25) is 0 Å². The molecule has 3 atom stereocenters. The number of imidazole rings is 1. The molecule has 2 aliphatic rings.